The molecule has 1 N–H and O–H groups in total. The van der Waals surface area contributed by atoms with E-state index >= 15 is 0 Å². The molecule has 29 heavy (non-hydrogen) atoms. The van der Waals surface area contributed by atoms with Crippen LogP contribution in [0.1, 0.15) is 32.2 Å². The van der Waals surface area contributed by atoms with E-state index in [1.54, 1.807) is 23.1 Å². The first kappa shape index (κ1) is 20.9. The molecule has 0 atom stereocenters. The van der Waals surface area contributed by atoms with Gasteiger partial charge in [0, 0.05) is 49.7 Å². The van der Waals surface area contributed by atoms with Crippen molar-refractivity contribution in [1.82, 2.24) is 14.8 Å². The van der Waals surface area contributed by atoms with Gasteiger partial charge in [0.25, 0.3) is 4.92 Å². The summed E-state index contributed by atoms with van der Waals surface area (Å²) in [4.78, 5) is 32.9. The first-order valence-electron chi connectivity index (χ1n) is 9.79. The monoisotopic (exact) mass is 401 g/mol. The van der Waals surface area contributed by atoms with Gasteiger partial charge in [-0.25, -0.2) is 9.63 Å². The van der Waals surface area contributed by atoms with Gasteiger partial charge in [-0.15, -0.1) is 0 Å². The molecule has 1 saturated heterocycles. The number of rotatable bonds is 4. The Bertz CT molecular complexity index is 888. The molecule has 0 bridgehead atoms. The van der Waals surface area contributed by atoms with E-state index in [9.17, 15) is 9.70 Å². The molecule has 2 aromatic rings. The Labute approximate surface area is 170 Å². The molecule has 0 unspecified atom stereocenters. The quantitative estimate of drug-likeness (QED) is 0.792. The molecule has 8 nitrogen and oxygen atoms in total. The minimum Gasteiger partial charge on any atom is -0.410 e. The Kier molecular flexibility index (Phi) is 5.93. The van der Waals surface area contributed by atoms with E-state index in [1.165, 1.54) is 0 Å². The second-order valence-electron chi connectivity index (χ2n) is 8.17. The van der Waals surface area contributed by atoms with Gasteiger partial charge in [0.15, 0.2) is 5.60 Å². The maximum absolute atomic E-state index is 12.7. The average molecular weight is 401 g/mol. The van der Waals surface area contributed by atoms with E-state index in [0.29, 0.717) is 35.1 Å². The molecule has 1 fully saturated rings. The van der Waals surface area contributed by atoms with Crippen LogP contribution in [-0.4, -0.2) is 52.3 Å². The largest absolute Gasteiger partial charge is 0.415 e. The number of hydrogen-bond acceptors (Lipinski definition) is 5. The first-order chi connectivity index (χ1) is 13.7. The zero-order chi connectivity index (χ0) is 21.2. The Morgan fingerprint density at radius 2 is 1.69 bits per heavy atom. The van der Waals surface area contributed by atoms with Gasteiger partial charge in [0.05, 0.1) is 4.91 Å². The van der Waals surface area contributed by atoms with Crippen LogP contribution >= 0.6 is 0 Å². The normalized spacial score (nSPS) is 14.6. The Balaban J connectivity index is 1.96. The van der Waals surface area contributed by atoms with Crippen LogP contribution < -0.4 is 10.1 Å². The fourth-order valence-corrected chi connectivity index (χ4v) is 3.26. The van der Waals surface area contributed by atoms with Gasteiger partial charge in [-0.2, -0.15) is 0 Å². The van der Waals surface area contributed by atoms with E-state index in [1.807, 2.05) is 51.3 Å². The van der Waals surface area contributed by atoms with Crippen LogP contribution in [0.4, 0.5) is 10.5 Å². The highest BCUT2D eigenvalue weighted by molar-refractivity contribution is 5.72. The van der Waals surface area contributed by atoms with E-state index in [4.69, 9.17) is 9.57 Å². The third-order valence-corrected chi connectivity index (χ3v) is 4.59. The third kappa shape index (κ3) is 4.95. The molecule has 1 aliphatic heterocycles. The molecular weight excluding hydrogens is 372 g/mol. The summed E-state index contributed by atoms with van der Waals surface area (Å²) >= 11 is 0. The summed E-state index contributed by atoms with van der Waals surface area (Å²) in [6.45, 7) is 12.0. The minimum atomic E-state index is -0.646. The predicted molar refractivity (Wildman–Crippen MR) is 110 cm³/mol. The van der Waals surface area contributed by atoms with Crippen molar-refractivity contribution in [3.63, 3.8) is 0 Å². The zero-order valence-corrected chi connectivity index (χ0v) is 17.7. The summed E-state index contributed by atoms with van der Waals surface area (Å²) in [6, 6.07) is 8.88. The number of carbonyl (C=O) groups excluding carboxylic acids is 1. The molecule has 3 rings (SSSR count). The Morgan fingerprint density at radius 1 is 1.07 bits per heavy atom. The number of benzene rings is 1. The van der Waals surface area contributed by atoms with Crippen molar-refractivity contribution in [1.29, 1.82) is 0 Å². The number of nitrogens with zero attached hydrogens (tertiary/aromatic N) is 3. The number of ether oxygens (including phenoxy) is 1. The second-order valence-corrected chi connectivity index (χ2v) is 8.17. The van der Waals surface area contributed by atoms with Crippen LogP contribution in [0.25, 0.3) is 5.69 Å². The maximum Gasteiger partial charge on any atom is 0.415 e. The van der Waals surface area contributed by atoms with Crippen LogP contribution in [0, 0.1) is 18.8 Å². The molecular formula is C21H29N4O4+. The predicted octanol–water partition coefficient (Wildman–Crippen LogP) is 3.64. The summed E-state index contributed by atoms with van der Waals surface area (Å²) in [5.74, 6) is 0.379. The van der Waals surface area contributed by atoms with E-state index < -0.39 is 11.7 Å². The van der Waals surface area contributed by atoms with Gasteiger partial charge < -0.3 is 19.5 Å². The van der Waals surface area contributed by atoms with Gasteiger partial charge in [-0.05, 0) is 52.8 Å². The lowest BCUT2D eigenvalue weighted by atomic mass is 10.2. The van der Waals surface area contributed by atoms with E-state index in [2.05, 4.69) is 5.32 Å². The van der Waals surface area contributed by atoms with Gasteiger partial charge in [0.1, 0.15) is 11.4 Å². The number of nitrogens with one attached hydrogen (secondary N) is 1. The van der Waals surface area contributed by atoms with Crippen molar-refractivity contribution >= 4 is 11.8 Å². The molecule has 0 spiro atoms. The van der Waals surface area contributed by atoms with Gasteiger partial charge in [-0.1, -0.05) is 0 Å². The second kappa shape index (κ2) is 8.24. The van der Waals surface area contributed by atoms with Gasteiger partial charge in [0.2, 0.25) is 0 Å². The maximum atomic E-state index is 12.7. The standard InChI is InChI=1S/C21H29N4O4/c1-15-6-7-16(2)24(15)19-14-17(28-20(26)23-12-10-22-11-13-23)8-9-18(19)25(27)29-21(3,4)5/h6-9,14,22H,10-13H2,1-5H3/q+1. The zero-order valence-electron chi connectivity index (χ0n) is 17.7. The van der Waals surface area contributed by atoms with Crippen LogP contribution in [0.2, 0.25) is 0 Å². The number of aryl methyl sites for hydroxylation is 2. The molecule has 0 radical (unpaired) electrons. The van der Waals surface area contributed by atoms with Crippen molar-refractivity contribution in [2.24, 2.45) is 0 Å². The molecule has 156 valence electrons. The molecule has 1 aromatic carbocycles. The van der Waals surface area contributed by atoms with Gasteiger partial charge >= 0.3 is 11.8 Å². The lowest BCUT2D eigenvalue weighted by Crippen LogP contribution is -2.47. The molecule has 0 aliphatic carbocycles. The lowest BCUT2D eigenvalue weighted by Gasteiger charge is -2.26. The first-order valence-corrected chi connectivity index (χ1v) is 9.79. The van der Waals surface area contributed by atoms with Crippen molar-refractivity contribution in [2.45, 2.75) is 40.2 Å². The minimum absolute atomic E-state index is 0.337. The van der Waals surface area contributed by atoms with Crippen LogP contribution in [0.5, 0.6) is 5.75 Å². The van der Waals surface area contributed by atoms with Crippen molar-refractivity contribution in [3.05, 3.63) is 46.6 Å². The summed E-state index contributed by atoms with van der Waals surface area (Å²) in [5.41, 5.74) is 2.20. The van der Waals surface area contributed by atoms with Crippen LogP contribution in [0.3, 0.4) is 0 Å². The summed E-state index contributed by atoms with van der Waals surface area (Å²) < 4.78 is 7.53. The molecule has 1 aromatic heterocycles. The Morgan fingerprint density at radius 3 is 2.28 bits per heavy atom. The number of amides is 1. The smallest absolute Gasteiger partial charge is 0.410 e. The SMILES string of the molecule is Cc1ccc(C)n1-c1cc(OC(=O)N2CCNCC2)ccc1[N+](=O)OC(C)(C)C. The van der Waals surface area contributed by atoms with Crippen molar-refractivity contribution < 1.29 is 19.3 Å². The van der Waals surface area contributed by atoms with E-state index in [-0.39, 0.29) is 0 Å². The number of aromatic nitrogens is 1. The highest BCUT2D eigenvalue weighted by atomic mass is 16.8. The summed E-state index contributed by atoms with van der Waals surface area (Å²) in [7, 11) is 0. The lowest BCUT2D eigenvalue weighted by molar-refractivity contribution is -0.765. The number of piperazine rings is 1. The topological polar surface area (TPSA) is 75.8 Å². The highest BCUT2D eigenvalue weighted by Crippen LogP contribution is 2.32. The number of hydrogen-bond donors (Lipinski definition) is 1. The van der Waals surface area contributed by atoms with Crippen LogP contribution in [-0.2, 0) is 4.84 Å². The molecule has 1 amide bonds. The average Bonchev–Trinajstić information content (AvgIpc) is 2.99. The summed E-state index contributed by atoms with van der Waals surface area (Å²) in [5, 5.41) is 3.21. The highest BCUT2D eigenvalue weighted by Gasteiger charge is 2.31. The molecule has 8 heteroatoms. The number of carbonyl (C=O) groups is 1. The molecule has 2 heterocycles. The van der Waals surface area contributed by atoms with Crippen molar-refractivity contribution in [3.8, 4) is 11.4 Å². The Hall–Kier alpha value is -2.87. The van der Waals surface area contributed by atoms with Gasteiger partial charge in [-0.3, -0.25) is 0 Å². The fraction of sp³-hybridized carbons (Fsp3) is 0.476. The van der Waals surface area contributed by atoms with Crippen LogP contribution in [0.15, 0.2) is 30.3 Å². The van der Waals surface area contributed by atoms with Crippen molar-refractivity contribution in [2.75, 3.05) is 26.2 Å². The molecule has 0 saturated carbocycles. The third-order valence-electron chi connectivity index (χ3n) is 4.59. The summed E-state index contributed by atoms with van der Waals surface area (Å²) in [6.07, 6.45) is -0.393. The van der Waals surface area contributed by atoms with E-state index in [0.717, 1.165) is 24.5 Å². The fourth-order valence-electron chi connectivity index (χ4n) is 3.26. The molecule has 1 aliphatic rings.